The van der Waals surface area contributed by atoms with E-state index in [9.17, 15) is 14.4 Å². The van der Waals surface area contributed by atoms with Crippen molar-refractivity contribution in [3.05, 3.63) is 12.2 Å². The summed E-state index contributed by atoms with van der Waals surface area (Å²) in [6.07, 6.45) is 4.79. The monoisotopic (exact) mass is 323 g/mol. The number of nitrogens with zero attached hydrogens (tertiary/aromatic N) is 1. The Kier molecular flexibility index (Phi) is 4.82. The van der Waals surface area contributed by atoms with Gasteiger partial charge in [0.1, 0.15) is 11.5 Å². The number of carbonyl (C=O) groups excluding carboxylic acids is 3. The van der Waals surface area contributed by atoms with Crippen LogP contribution in [0.4, 0.5) is 4.79 Å². The summed E-state index contributed by atoms with van der Waals surface area (Å²) in [4.78, 5) is 38.1. The molecule has 0 aromatic rings. The molecule has 0 radical (unpaired) electrons. The number of ether oxygens (including phenoxy) is 2. The zero-order chi connectivity index (χ0) is 17.3. The van der Waals surface area contributed by atoms with Gasteiger partial charge in [0.05, 0.1) is 7.11 Å². The van der Waals surface area contributed by atoms with Crippen LogP contribution in [0.25, 0.3) is 0 Å². The first-order chi connectivity index (χ1) is 10.7. The number of ketones is 1. The summed E-state index contributed by atoms with van der Waals surface area (Å²) in [6.45, 7) is 6.39. The average Bonchev–Trinajstić information content (AvgIpc) is 2.45. The van der Waals surface area contributed by atoms with Gasteiger partial charge in [-0.1, -0.05) is 12.2 Å². The van der Waals surface area contributed by atoms with E-state index in [1.165, 1.54) is 7.11 Å². The van der Waals surface area contributed by atoms with E-state index >= 15 is 0 Å². The van der Waals surface area contributed by atoms with Crippen molar-refractivity contribution in [3.8, 4) is 0 Å². The molecule has 0 aromatic carbocycles. The third-order valence-corrected chi connectivity index (χ3v) is 4.45. The molecule has 128 valence electrons. The Labute approximate surface area is 136 Å². The zero-order valence-corrected chi connectivity index (χ0v) is 14.3. The standard InChI is InChI=1S/C17H25NO5/c1-16(2,3)23-15(21)18-10-8-17(9-11-18)7-5-6-12(19)13(17)14(20)22-4/h5,7,13H,6,8-11H2,1-4H3. The van der Waals surface area contributed by atoms with Crippen LogP contribution in [-0.2, 0) is 19.1 Å². The number of amides is 1. The van der Waals surface area contributed by atoms with Crippen molar-refractivity contribution in [2.75, 3.05) is 20.2 Å². The second-order valence-electron chi connectivity index (χ2n) is 7.23. The smallest absolute Gasteiger partial charge is 0.410 e. The van der Waals surface area contributed by atoms with Crippen molar-refractivity contribution in [2.45, 2.75) is 45.6 Å². The van der Waals surface area contributed by atoms with E-state index in [4.69, 9.17) is 9.47 Å². The fraction of sp³-hybridized carbons (Fsp3) is 0.706. The third kappa shape index (κ3) is 3.74. The first-order valence-corrected chi connectivity index (χ1v) is 7.95. The Morgan fingerprint density at radius 3 is 2.39 bits per heavy atom. The van der Waals surface area contributed by atoms with Gasteiger partial charge in [-0.15, -0.1) is 0 Å². The van der Waals surface area contributed by atoms with Crippen LogP contribution in [0, 0.1) is 11.3 Å². The van der Waals surface area contributed by atoms with Gasteiger partial charge in [0, 0.05) is 24.9 Å². The van der Waals surface area contributed by atoms with Gasteiger partial charge in [0.15, 0.2) is 5.78 Å². The minimum absolute atomic E-state index is 0.106. The Morgan fingerprint density at radius 1 is 1.26 bits per heavy atom. The van der Waals surface area contributed by atoms with Gasteiger partial charge in [-0.05, 0) is 33.6 Å². The minimum atomic E-state index is -0.765. The summed E-state index contributed by atoms with van der Waals surface area (Å²) < 4.78 is 10.2. The Morgan fingerprint density at radius 2 is 1.87 bits per heavy atom. The number of hydrogen-bond donors (Lipinski definition) is 0. The summed E-state index contributed by atoms with van der Waals surface area (Å²) in [5.74, 6) is -1.35. The second-order valence-corrected chi connectivity index (χ2v) is 7.23. The predicted octanol–water partition coefficient (Wildman–Crippen LogP) is 2.32. The van der Waals surface area contributed by atoms with E-state index < -0.39 is 22.9 Å². The molecule has 1 fully saturated rings. The van der Waals surface area contributed by atoms with E-state index in [-0.39, 0.29) is 18.3 Å². The third-order valence-electron chi connectivity index (χ3n) is 4.45. The number of esters is 1. The summed E-state index contributed by atoms with van der Waals surface area (Å²) >= 11 is 0. The molecule has 0 N–H and O–H groups in total. The molecule has 0 bridgehead atoms. The first-order valence-electron chi connectivity index (χ1n) is 7.95. The Balaban J connectivity index is 2.10. The van der Waals surface area contributed by atoms with E-state index in [1.54, 1.807) is 4.90 Å². The summed E-state index contributed by atoms with van der Waals surface area (Å²) in [6, 6.07) is 0. The summed E-state index contributed by atoms with van der Waals surface area (Å²) in [5, 5.41) is 0. The van der Waals surface area contributed by atoms with E-state index in [0.29, 0.717) is 25.9 Å². The molecular formula is C17H25NO5. The van der Waals surface area contributed by atoms with Crippen LogP contribution in [-0.4, -0.2) is 48.5 Å². The number of likely N-dealkylation sites (tertiary alicyclic amines) is 1. The maximum atomic E-state index is 12.2. The molecule has 1 heterocycles. The molecule has 2 aliphatic rings. The maximum Gasteiger partial charge on any atom is 0.410 e. The molecule has 0 aromatic heterocycles. The highest BCUT2D eigenvalue weighted by Crippen LogP contribution is 2.44. The molecule has 1 saturated heterocycles. The zero-order valence-electron chi connectivity index (χ0n) is 14.3. The highest BCUT2D eigenvalue weighted by atomic mass is 16.6. The van der Waals surface area contributed by atoms with Gasteiger partial charge in [0.25, 0.3) is 0 Å². The lowest BCUT2D eigenvalue weighted by molar-refractivity contribution is -0.155. The SMILES string of the molecule is COC(=O)C1C(=O)CC=CC12CCN(C(=O)OC(C)(C)C)CC2. The average molecular weight is 323 g/mol. The summed E-state index contributed by atoms with van der Waals surface area (Å²) in [7, 11) is 1.30. The molecule has 1 aliphatic carbocycles. The fourth-order valence-corrected chi connectivity index (χ4v) is 3.32. The number of Topliss-reactive ketones (excluding diaryl/α,β-unsaturated/α-hetero) is 1. The minimum Gasteiger partial charge on any atom is -0.468 e. The molecule has 1 spiro atoms. The Hall–Kier alpha value is -1.85. The maximum absolute atomic E-state index is 12.2. The number of allylic oxidation sites excluding steroid dienone is 2. The Bertz CT molecular complexity index is 524. The van der Waals surface area contributed by atoms with Crippen LogP contribution in [0.2, 0.25) is 0 Å². The molecule has 23 heavy (non-hydrogen) atoms. The molecule has 1 atom stereocenters. The summed E-state index contributed by atoms with van der Waals surface area (Å²) in [5.41, 5.74) is -1.08. The van der Waals surface area contributed by atoms with Crippen LogP contribution in [0.15, 0.2) is 12.2 Å². The lowest BCUT2D eigenvalue weighted by Crippen LogP contribution is -2.51. The second kappa shape index (κ2) is 6.34. The van der Waals surface area contributed by atoms with Crippen molar-refractivity contribution < 1.29 is 23.9 Å². The highest BCUT2D eigenvalue weighted by Gasteiger charge is 2.49. The van der Waals surface area contributed by atoms with Gasteiger partial charge in [0.2, 0.25) is 0 Å². The molecule has 1 unspecified atom stereocenters. The highest BCUT2D eigenvalue weighted by molar-refractivity contribution is 6.01. The van der Waals surface area contributed by atoms with Crippen LogP contribution in [0.5, 0.6) is 0 Å². The van der Waals surface area contributed by atoms with Crippen molar-refractivity contribution in [3.63, 3.8) is 0 Å². The first kappa shape index (κ1) is 17.5. The van der Waals surface area contributed by atoms with Crippen LogP contribution < -0.4 is 0 Å². The normalized spacial score (nSPS) is 23.7. The molecule has 6 heteroatoms. The lowest BCUT2D eigenvalue weighted by Gasteiger charge is -2.44. The molecule has 1 aliphatic heterocycles. The van der Waals surface area contributed by atoms with Gasteiger partial charge in [-0.3, -0.25) is 9.59 Å². The molecule has 6 nitrogen and oxygen atoms in total. The predicted molar refractivity (Wildman–Crippen MR) is 83.7 cm³/mol. The number of methoxy groups -OCH3 is 1. The number of piperidine rings is 1. The van der Waals surface area contributed by atoms with Gasteiger partial charge >= 0.3 is 12.1 Å². The fourth-order valence-electron chi connectivity index (χ4n) is 3.32. The van der Waals surface area contributed by atoms with E-state index in [0.717, 1.165) is 0 Å². The molecular weight excluding hydrogens is 298 g/mol. The number of carbonyl (C=O) groups is 3. The molecule has 0 saturated carbocycles. The van der Waals surface area contributed by atoms with Gasteiger partial charge in [-0.2, -0.15) is 0 Å². The van der Waals surface area contributed by atoms with Gasteiger partial charge < -0.3 is 14.4 Å². The van der Waals surface area contributed by atoms with Crippen molar-refractivity contribution in [2.24, 2.45) is 11.3 Å². The molecule has 2 rings (SSSR count). The van der Waals surface area contributed by atoms with E-state index in [1.807, 2.05) is 32.9 Å². The van der Waals surface area contributed by atoms with Crippen molar-refractivity contribution in [1.29, 1.82) is 0 Å². The van der Waals surface area contributed by atoms with Crippen molar-refractivity contribution in [1.82, 2.24) is 4.90 Å². The van der Waals surface area contributed by atoms with Crippen LogP contribution >= 0.6 is 0 Å². The van der Waals surface area contributed by atoms with Crippen LogP contribution in [0.3, 0.4) is 0 Å². The quantitative estimate of drug-likeness (QED) is 0.421. The number of rotatable bonds is 1. The molecule has 1 amide bonds. The van der Waals surface area contributed by atoms with E-state index in [2.05, 4.69) is 0 Å². The lowest BCUT2D eigenvalue weighted by atomic mass is 9.64. The van der Waals surface area contributed by atoms with Crippen LogP contribution in [0.1, 0.15) is 40.0 Å². The topological polar surface area (TPSA) is 72.9 Å². The largest absolute Gasteiger partial charge is 0.468 e. The number of hydrogen-bond acceptors (Lipinski definition) is 5. The van der Waals surface area contributed by atoms with Gasteiger partial charge in [-0.25, -0.2) is 4.79 Å². The van der Waals surface area contributed by atoms with Crippen molar-refractivity contribution >= 4 is 17.8 Å².